The second kappa shape index (κ2) is 37.5. The SMILES string of the molecule is C=C(CCOCC)C(CCC)=NC.CC.CC1=CCC=CC=C1.CCCCCCCC.CCN=C(N)Nc1ccc(C(C)NC)cc1. The summed E-state index contributed by atoms with van der Waals surface area (Å²) in [5.41, 5.74) is 11.5. The van der Waals surface area contributed by atoms with Crippen molar-refractivity contribution < 1.29 is 4.74 Å². The minimum Gasteiger partial charge on any atom is -0.381 e. The Labute approximate surface area is 292 Å². The normalized spacial score (nSPS) is 12.7. The molecule has 6 heteroatoms. The molecule has 0 radical (unpaired) electrons. The van der Waals surface area contributed by atoms with E-state index < -0.39 is 0 Å². The van der Waals surface area contributed by atoms with E-state index in [9.17, 15) is 0 Å². The lowest BCUT2D eigenvalue weighted by atomic mass is 10.1. The lowest BCUT2D eigenvalue weighted by Gasteiger charge is -2.11. The maximum Gasteiger partial charge on any atom is 0.193 e. The minimum atomic E-state index is 0.357. The van der Waals surface area contributed by atoms with Crippen LogP contribution >= 0.6 is 0 Å². The summed E-state index contributed by atoms with van der Waals surface area (Å²) in [5, 5.41) is 6.23. The molecule has 1 aromatic rings. The third kappa shape index (κ3) is 31.4. The molecule has 2 rings (SSSR count). The number of allylic oxidation sites excluding steroid dienone is 6. The van der Waals surface area contributed by atoms with E-state index in [1.807, 2.05) is 53.9 Å². The van der Waals surface area contributed by atoms with Crippen molar-refractivity contribution in [1.29, 1.82) is 0 Å². The summed E-state index contributed by atoms with van der Waals surface area (Å²) in [6, 6.07) is 8.50. The molecule has 47 heavy (non-hydrogen) atoms. The number of hydrogen-bond donors (Lipinski definition) is 3. The zero-order valence-electron chi connectivity index (χ0n) is 32.6. The van der Waals surface area contributed by atoms with E-state index in [1.54, 1.807) is 0 Å². The molecule has 270 valence electrons. The number of unbranched alkanes of at least 4 members (excludes halogenated alkanes) is 5. The Balaban J connectivity index is -0.000000561. The first-order chi connectivity index (χ1) is 22.7. The molecular weight excluding hydrogens is 578 g/mol. The molecule has 0 bridgehead atoms. The molecule has 1 aliphatic carbocycles. The number of rotatable bonds is 16. The molecule has 0 aromatic heterocycles. The highest BCUT2D eigenvalue weighted by atomic mass is 16.5. The summed E-state index contributed by atoms with van der Waals surface area (Å²) in [4.78, 5) is 8.28. The quantitative estimate of drug-likeness (QED) is 0.0941. The van der Waals surface area contributed by atoms with E-state index in [1.165, 1.54) is 49.7 Å². The van der Waals surface area contributed by atoms with Gasteiger partial charge in [0.2, 0.25) is 0 Å². The third-order valence-electron chi connectivity index (χ3n) is 7.00. The highest BCUT2D eigenvalue weighted by molar-refractivity contribution is 5.99. The molecule has 0 spiro atoms. The van der Waals surface area contributed by atoms with Crippen LogP contribution in [0.15, 0.2) is 82.4 Å². The first kappa shape index (κ1) is 48.4. The van der Waals surface area contributed by atoms with Gasteiger partial charge < -0.3 is 21.1 Å². The molecule has 0 saturated heterocycles. The average molecular weight is 654 g/mol. The Morgan fingerprint density at radius 3 is 2.04 bits per heavy atom. The van der Waals surface area contributed by atoms with E-state index >= 15 is 0 Å². The molecule has 0 saturated carbocycles. The highest BCUT2D eigenvalue weighted by Gasteiger charge is 2.03. The average Bonchev–Trinajstić information content (AvgIpc) is 3.34. The van der Waals surface area contributed by atoms with Gasteiger partial charge in [-0.05, 0) is 77.3 Å². The van der Waals surface area contributed by atoms with E-state index in [2.05, 4.69) is 104 Å². The Morgan fingerprint density at radius 1 is 0.936 bits per heavy atom. The van der Waals surface area contributed by atoms with Crippen LogP contribution in [0, 0.1) is 0 Å². The molecule has 1 aromatic carbocycles. The molecule has 0 heterocycles. The van der Waals surface area contributed by atoms with Gasteiger partial charge in [-0.15, -0.1) is 0 Å². The van der Waals surface area contributed by atoms with Crippen LogP contribution in [0.25, 0.3) is 0 Å². The molecule has 1 aliphatic rings. The van der Waals surface area contributed by atoms with Crippen LogP contribution in [0.3, 0.4) is 0 Å². The van der Waals surface area contributed by atoms with Gasteiger partial charge in [0, 0.05) is 37.6 Å². The van der Waals surface area contributed by atoms with Crippen molar-refractivity contribution >= 4 is 17.4 Å². The van der Waals surface area contributed by atoms with E-state index in [0.717, 1.165) is 55.9 Å². The number of guanidine groups is 1. The molecule has 1 atom stereocenters. The fourth-order valence-electron chi connectivity index (χ4n) is 4.09. The fraction of sp³-hybridized carbons (Fsp3) is 0.610. The Bertz CT molecular complexity index is 981. The van der Waals surface area contributed by atoms with Crippen molar-refractivity contribution in [3.63, 3.8) is 0 Å². The summed E-state index contributed by atoms with van der Waals surface area (Å²) >= 11 is 0. The third-order valence-corrected chi connectivity index (χ3v) is 7.00. The van der Waals surface area contributed by atoms with Crippen molar-refractivity contribution in [2.45, 2.75) is 133 Å². The number of nitrogens with one attached hydrogen (secondary N) is 2. The maximum atomic E-state index is 5.67. The van der Waals surface area contributed by atoms with Crippen molar-refractivity contribution in [2.75, 3.05) is 39.2 Å². The summed E-state index contributed by atoms with van der Waals surface area (Å²) in [6.45, 7) is 25.1. The summed E-state index contributed by atoms with van der Waals surface area (Å²) in [7, 11) is 3.78. The van der Waals surface area contributed by atoms with Crippen molar-refractivity contribution in [2.24, 2.45) is 15.7 Å². The van der Waals surface area contributed by atoms with Crippen LogP contribution in [0.2, 0.25) is 0 Å². The van der Waals surface area contributed by atoms with Crippen molar-refractivity contribution in [3.05, 3.63) is 77.9 Å². The van der Waals surface area contributed by atoms with E-state index in [4.69, 9.17) is 10.5 Å². The van der Waals surface area contributed by atoms with Gasteiger partial charge in [0.15, 0.2) is 5.96 Å². The van der Waals surface area contributed by atoms with Gasteiger partial charge in [-0.3, -0.25) is 9.98 Å². The van der Waals surface area contributed by atoms with E-state index in [0.29, 0.717) is 18.5 Å². The number of nitrogens with two attached hydrogens (primary N) is 1. The lowest BCUT2D eigenvalue weighted by molar-refractivity contribution is 0.151. The topological polar surface area (TPSA) is 84.0 Å². The van der Waals surface area contributed by atoms with Gasteiger partial charge in [-0.25, -0.2) is 0 Å². The smallest absolute Gasteiger partial charge is 0.193 e. The number of benzene rings is 1. The minimum absolute atomic E-state index is 0.357. The monoisotopic (exact) mass is 654 g/mol. The van der Waals surface area contributed by atoms with Gasteiger partial charge in [-0.1, -0.05) is 134 Å². The second-order valence-corrected chi connectivity index (χ2v) is 11.0. The second-order valence-electron chi connectivity index (χ2n) is 11.0. The predicted octanol–water partition coefficient (Wildman–Crippen LogP) is 11.4. The molecule has 6 nitrogen and oxygen atoms in total. The number of aliphatic imine (C=N–C) groups is 2. The zero-order valence-corrected chi connectivity index (χ0v) is 32.6. The van der Waals surface area contributed by atoms with Crippen LogP contribution in [0.5, 0.6) is 0 Å². The molecule has 0 aliphatic heterocycles. The lowest BCUT2D eigenvalue weighted by Crippen LogP contribution is -2.22. The first-order valence-corrected chi connectivity index (χ1v) is 18.3. The van der Waals surface area contributed by atoms with Gasteiger partial charge >= 0.3 is 0 Å². The van der Waals surface area contributed by atoms with Crippen LogP contribution in [0.1, 0.15) is 138 Å². The van der Waals surface area contributed by atoms with Gasteiger partial charge in [0.1, 0.15) is 0 Å². The van der Waals surface area contributed by atoms with Gasteiger partial charge in [-0.2, -0.15) is 0 Å². The number of nitrogens with zero attached hydrogens (tertiary/aromatic N) is 2. The van der Waals surface area contributed by atoms with Crippen LogP contribution in [-0.4, -0.2) is 45.5 Å². The summed E-state index contributed by atoms with van der Waals surface area (Å²) in [5.74, 6) is 0.455. The number of hydrogen-bond acceptors (Lipinski definition) is 4. The molecular formula is C41H75N5O. The first-order valence-electron chi connectivity index (χ1n) is 18.3. The van der Waals surface area contributed by atoms with Crippen molar-refractivity contribution in [3.8, 4) is 0 Å². The summed E-state index contributed by atoms with van der Waals surface area (Å²) in [6.07, 6.45) is 23.2. The van der Waals surface area contributed by atoms with Gasteiger partial charge in [0.05, 0.1) is 6.61 Å². The largest absolute Gasteiger partial charge is 0.381 e. The van der Waals surface area contributed by atoms with E-state index in [-0.39, 0.29) is 0 Å². The molecule has 0 fully saturated rings. The van der Waals surface area contributed by atoms with Gasteiger partial charge in [0.25, 0.3) is 0 Å². The standard InChI is InChI=1S/C12H20N4.C11H21NO.C8H10.C8H18.C2H6/c1-4-15-12(13)16-11-7-5-10(6-8-11)9(2)14-3;1-5-7-11(12-4)10(3)8-9-13-6-2;1-8-6-4-2-3-5-7-8;1-3-5-7-8-6-4-2;1-2/h5-9,14H,4H2,1-3H3,(H3,13,15,16);3,5-9H2,1-2,4H3;2-4,6-7H,5H2,1H3;3-8H2,1-2H3;1-2H3. The number of ether oxygens (including phenoxy) is 1. The van der Waals surface area contributed by atoms with Crippen LogP contribution in [-0.2, 0) is 4.74 Å². The fourth-order valence-corrected chi connectivity index (χ4v) is 4.09. The van der Waals surface area contributed by atoms with Crippen molar-refractivity contribution in [1.82, 2.24) is 5.32 Å². The zero-order chi connectivity index (χ0) is 36.1. The molecule has 4 N–H and O–H groups in total. The van der Waals surface area contributed by atoms with Crippen LogP contribution in [0.4, 0.5) is 5.69 Å². The number of anilines is 1. The maximum absolute atomic E-state index is 5.67. The molecule has 1 unspecified atom stereocenters. The van der Waals surface area contributed by atoms with Crippen LogP contribution < -0.4 is 16.4 Å². The predicted molar refractivity (Wildman–Crippen MR) is 215 cm³/mol. The highest BCUT2D eigenvalue weighted by Crippen LogP contribution is 2.15. The Morgan fingerprint density at radius 2 is 1.55 bits per heavy atom. The summed E-state index contributed by atoms with van der Waals surface area (Å²) < 4.78 is 5.26. The molecule has 0 amide bonds. The Hall–Kier alpha value is -2.96. The Kier molecular flexibility index (Phi) is 38.6.